The van der Waals surface area contributed by atoms with E-state index in [0.717, 1.165) is 62.3 Å². The Kier molecular flexibility index (Phi) is 8.25. The highest BCUT2D eigenvalue weighted by atomic mass is 16.5. The van der Waals surface area contributed by atoms with E-state index in [-0.39, 0.29) is 6.04 Å². The third kappa shape index (κ3) is 5.91. The predicted molar refractivity (Wildman–Crippen MR) is 165 cm³/mol. The fraction of sp³-hybridized carbons (Fsp3) is 0.406. The molecule has 4 N–H and O–H groups in total. The molecule has 2 amide bonds. The molecule has 0 bridgehead atoms. The number of aliphatic hydroxyl groups excluding tert-OH is 1. The number of amides is 2. The molecule has 10 heteroatoms. The molecule has 1 saturated heterocycles. The summed E-state index contributed by atoms with van der Waals surface area (Å²) in [5.41, 5.74) is 11.2. The Morgan fingerprint density at radius 2 is 2.05 bits per heavy atom. The number of aryl methyl sites for hydroxylation is 1. The molecule has 2 aliphatic rings. The van der Waals surface area contributed by atoms with Crippen LogP contribution in [0.15, 0.2) is 61.1 Å². The lowest BCUT2D eigenvalue weighted by molar-refractivity contribution is -0.0130. The first kappa shape index (κ1) is 28.0. The third-order valence-electron chi connectivity index (χ3n) is 8.41. The molecule has 42 heavy (non-hydrogen) atoms. The summed E-state index contributed by atoms with van der Waals surface area (Å²) < 4.78 is 6.34. The number of fused-ring (bicyclic) bond motifs is 2. The number of benzene rings is 2. The number of ether oxygens (including phenoxy) is 1. The number of nitrogens with zero attached hydrogens (tertiary/aromatic N) is 5. The van der Waals surface area contributed by atoms with Gasteiger partial charge < -0.3 is 25.5 Å². The van der Waals surface area contributed by atoms with Gasteiger partial charge in [-0.3, -0.25) is 9.80 Å². The first-order chi connectivity index (χ1) is 20.5. The number of carbonyl (C=O) groups excluding carboxylic acids is 1. The lowest BCUT2D eigenvalue weighted by Gasteiger charge is -2.43. The number of urea groups is 1. The van der Waals surface area contributed by atoms with E-state index < -0.39 is 12.3 Å². The second-order valence-electron chi connectivity index (χ2n) is 11.3. The molecule has 2 aromatic heterocycles. The van der Waals surface area contributed by atoms with E-state index in [2.05, 4.69) is 68.1 Å². The van der Waals surface area contributed by atoms with Crippen LogP contribution < -0.4 is 20.3 Å². The molecule has 6 rings (SSSR count). The highest BCUT2D eigenvalue weighted by Gasteiger charge is 2.31. The van der Waals surface area contributed by atoms with Crippen molar-refractivity contribution in [3.63, 3.8) is 0 Å². The van der Waals surface area contributed by atoms with Crippen LogP contribution in [0.4, 0.5) is 16.3 Å². The largest absolute Gasteiger partial charge is 0.491 e. The van der Waals surface area contributed by atoms with Gasteiger partial charge in [-0.05, 0) is 73.9 Å². The van der Waals surface area contributed by atoms with E-state index in [9.17, 15) is 9.90 Å². The first-order valence-corrected chi connectivity index (χ1v) is 14.9. The molecule has 0 aliphatic carbocycles. The summed E-state index contributed by atoms with van der Waals surface area (Å²) in [5.74, 6) is 1.59. The SMILES string of the molecule is CC1CN(C(O)CCCN(C(N)=O)c2cc3cncnc3[nH]2)CCN1c1cc(-c2ccccc2)cc2c1OCCCC2. The maximum Gasteiger partial charge on any atom is 0.320 e. The summed E-state index contributed by atoms with van der Waals surface area (Å²) in [6.07, 6.45) is 6.86. The maximum atomic E-state index is 12.2. The van der Waals surface area contributed by atoms with Crippen molar-refractivity contribution in [2.24, 2.45) is 5.73 Å². The van der Waals surface area contributed by atoms with Gasteiger partial charge in [0.1, 0.15) is 29.8 Å². The topological polar surface area (TPSA) is 124 Å². The zero-order valence-electron chi connectivity index (χ0n) is 24.1. The molecule has 2 unspecified atom stereocenters. The van der Waals surface area contributed by atoms with Crippen molar-refractivity contribution >= 4 is 28.6 Å². The minimum Gasteiger partial charge on any atom is -0.491 e. The molecular formula is C32H39N7O3. The molecular weight excluding hydrogens is 530 g/mol. The number of H-pyrrole nitrogens is 1. The fourth-order valence-electron chi connectivity index (χ4n) is 6.21. The standard InChI is InChI=1S/C32H39N7O3/c1-22-20-37(29(40)11-7-12-39(32(33)41)28-18-26-19-34-21-35-31(26)36-28)13-14-38(22)27-17-25(23-8-3-2-4-9-23)16-24-10-5-6-15-42-30(24)27/h2-4,8-9,16-19,21-22,29,40H,5-7,10-15,20H2,1H3,(H2,33,41)(H,34,35,36). The Balaban J connectivity index is 1.11. The number of aromatic amines is 1. The second-order valence-corrected chi connectivity index (χ2v) is 11.3. The number of hydrogen-bond donors (Lipinski definition) is 3. The van der Waals surface area contributed by atoms with Gasteiger partial charge in [0.2, 0.25) is 0 Å². The lowest BCUT2D eigenvalue weighted by atomic mass is 9.97. The van der Waals surface area contributed by atoms with E-state index in [4.69, 9.17) is 10.5 Å². The van der Waals surface area contributed by atoms with E-state index in [0.29, 0.717) is 30.9 Å². The number of aliphatic hydroxyl groups is 1. The van der Waals surface area contributed by atoms with Crippen molar-refractivity contribution in [3.05, 3.63) is 66.6 Å². The molecule has 2 aromatic carbocycles. The van der Waals surface area contributed by atoms with Crippen molar-refractivity contribution in [2.75, 3.05) is 42.6 Å². The summed E-state index contributed by atoms with van der Waals surface area (Å²) in [5, 5.41) is 11.9. The molecule has 1 fully saturated rings. The van der Waals surface area contributed by atoms with E-state index in [1.54, 1.807) is 6.20 Å². The zero-order valence-corrected chi connectivity index (χ0v) is 24.1. The molecule has 220 valence electrons. The van der Waals surface area contributed by atoms with Gasteiger partial charge in [0.15, 0.2) is 0 Å². The van der Waals surface area contributed by atoms with E-state index >= 15 is 0 Å². The number of nitrogens with one attached hydrogen (secondary N) is 1. The van der Waals surface area contributed by atoms with Gasteiger partial charge in [-0.15, -0.1) is 0 Å². The molecule has 2 atom stereocenters. The van der Waals surface area contributed by atoms with Crippen LogP contribution in [0.25, 0.3) is 22.2 Å². The minimum absolute atomic E-state index is 0.185. The minimum atomic E-state index is -0.609. The zero-order chi connectivity index (χ0) is 29.1. The molecule has 4 heterocycles. The normalized spacial score (nSPS) is 18.2. The smallest absolute Gasteiger partial charge is 0.320 e. The van der Waals surface area contributed by atoms with Crippen LogP contribution >= 0.6 is 0 Å². The Labute approximate surface area is 246 Å². The quantitative estimate of drug-likeness (QED) is 0.285. The predicted octanol–water partition coefficient (Wildman–Crippen LogP) is 4.53. The molecule has 0 radical (unpaired) electrons. The first-order valence-electron chi connectivity index (χ1n) is 14.9. The Morgan fingerprint density at radius 1 is 1.19 bits per heavy atom. The van der Waals surface area contributed by atoms with Crippen molar-refractivity contribution in [2.45, 2.75) is 51.3 Å². The highest BCUT2D eigenvalue weighted by molar-refractivity contribution is 5.93. The highest BCUT2D eigenvalue weighted by Crippen LogP contribution is 2.41. The van der Waals surface area contributed by atoms with Crippen LogP contribution in [0.3, 0.4) is 0 Å². The molecule has 10 nitrogen and oxygen atoms in total. The average Bonchev–Trinajstić information content (AvgIpc) is 3.28. The van der Waals surface area contributed by atoms with Crippen LogP contribution in [0.5, 0.6) is 5.75 Å². The Bertz CT molecular complexity index is 1490. The number of hydrogen-bond acceptors (Lipinski definition) is 7. The van der Waals surface area contributed by atoms with Gasteiger partial charge >= 0.3 is 6.03 Å². The summed E-state index contributed by atoms with van der Waals surface area (Å²) in [4.78, 5) is 29.6. The van der Waals surface area contributed by atoms with Gasteiger partial charge in [-0.2, -0.15) is 0 Å². The van der Waals surface area contributed by atoms with Gasteiger partial charge in [0, 0.05) is 43.8 Å². The van der Waals surface area contributed by atoms with Crippen molar-refractivity contribution in [1.29, 1.82) is 0 Å². The van der Waals surface area contributed by atoms with Crippen LogP contribution in [-0.2, 0) is 6.42 Å². The van der Waals surface area contributed by atoms with Gasteiger partial charge in [0.05, 0.1) is 12.3 Å². The van der Waals surface area contributed by atoms with Crippen molar-refractivity contribution < 1.29 is 14.6 Å². The number of aromatic nitrogens is 3. The van der Waals surface area contributed by atoms with Gasteiger partial charge in [-0.1, -0.05) is 30.3 Å². The Hall–Kier alpha value is -4.15. The summed E-state index contributed by atoms with van der Waals surface area (Å²) in [7, 11) is 0. The van der Waals surface area contributed by atoms with E-state index in [1.165, 1.54) is 27.9 Å². The monoisotopic (exact) mass is 569 g/mol. The number of primary amides is 1. The van der Waals surface area contributed by atoms with Crippen LogP contribution in [0.2, 0.25) is 0 Å². The lowest BCUT2D eigenvalue weighted by Crippen LogP contribution is -2.55. The Morgan fingerprint density at radius 3 is 2.83 bits per heavy atom. The molecule has 0 spiro atoms. The van der Waals surface area contributed by atoms with Crippen LogP contribution in [0, 0.1) is 0 Å². The van der Waals surface area contributed by atoms with Gasteiger partial charge in [-0.25, -0.2) is 14.8 Å². The van der Waals surface area contributed by atoms with Crippen LogP contribution in [-0.4, -0.2) is 76.0 Å². The summed E-state index contributed by atoms with van der Waals surface area (Å²) in [6, 6.07) is 16.5. The molecule has 0 saturated carbocycles. The van der Waals surface area contributed by atoms with Crippen molar-refractivity contribution in [1.82, 2.24) is 19.9 Å². The third-order valence-corrected chi connectivity index (χ3v) is 8.41. The number of rotatable bonds is 8. The molecule has 2 aliphatic heterocycles. The summed E-state index contributed by atoms with van der Waals surface area (Å²) in [6.45, 7) is 5.59. The maximum absolute atomic E-state index is 12.2. The van der Waals surface area contributed by atoms with Crippen LogP contribution in [0.1, 0.15) is 38.2 Å². The molecule has 4 aromatic rings. The number of anilines is 2. The number of carbonyl (C=O) groups is 1. The number of piperazine rings is 1. The summed E-state index contributed by atoms with van der Waals surface area (Å²) >= 11 is 0. The second kappa shape index (κ2) is 12.4. The fourth-order valence-corrected chi connectivity index (χ4v) is 6.21. The van der Waals surface area contributed by atoms with Crippen molar-refractivity contribution in [3.8, 4) is 16.9 Å². The van der Waals surface area contributed by atoms with E-state index in [1.807, 2.05) is 12.1 Å². The number of nitrogens with two attached hydrogens (primary N) is 1. The average molecular weight is 570 g/mol. The van der Waals surface area contributed by atoms with Gasteiger partial charge in [0.25, 0.3) is 0 Å².